The van der Waals surface area contributed by atoms with Gasteiger partial charge in [-0.1, -0.05) is 0 Å². The third kappa shape index (κ3) is 2.74. The molecule has 1 aliphatic rings. The molecule has 0 bridgehead atoms. The minimum absolute atomic E-state index is 0.265. The number of rotatable bonds is 7. The van der Waals surface area contributed by atoms with Gasteiger partial charge >= 0.3 is 0 Å². The molecular weight excluding hydrogens is 228 g/mol. The van der Waals surface area contributed by atoms with Crippen molar-refractivity contribution in [3.05, 3.63) is 17.5 Å². The van der Waals surface area contributed by atoms with E-state index in [-0.39, 0.29) is 6.04 Å². The van der Waals surface area contributed by atoms with Gasteiger partial charge in [-0.2, -0.15) is 5.10 Å². The lowest BCUT2D eigenvalue weighted by molar-refractivity contribution is 0.115. The highest BCUT2D eigenvalue weighted by Crippen LogP contribution is 2.34. The number of hydrogen-bond acceptors (Lipinski definition) is 4. The minimum Gasteiger partial charge on any atom is -0.383 e. The van der Waals surface area contributed by atoms with Crippen molar-refractivity contribution in [3.63, 3.8) is 0 Å². The number of methoxy groups -OCH3 is 1. The van der Waals surface area contributed by atoms with Crippen LogP contribution in [0.4, 0.5) is 0 Å². The molecule has 0 amide bonds. The van der Waals surface area contributed by atoms with Crippen molar-refractivity contribution in [2.24, 2.45) is 12.8 Å². The first-order chi connectivity index (χ1) is 8.69. The number of hydrogen-bond donors (Lipinski definition) is 1. The van der Waals surface area contributed by atoms with E-state index in [1.807, 2.05) is 17.9 Å². The van der Waals surface area contributed by atoms with Gasteiger partial charge in [0.2, 0.25) is 0 Å². The first-order valence-corrected chi connectivity index (χ1v) is 6.62. The molecule has 1 aromatic heterocycles. The molecule has 1 atom stereocenters. The van der Waals surface area contributed by atoms with Gasteiger partial charge in [0.1, 0.15) is 0 Å². The first kappa shape index (κ1) is 13.5. The Bertz CT molecular complexity index is 386. The Kier molecular flexibility index (Phi) is 4.37. The lowest BCUT2D eigenvalue weighted by atomic mass is 10.1. The number of aromatic nitrogens is 2. The van der Waals surface area contributed by atoms with Crippen molar-refractivity contribution in [1.82, 2.24) is 14.7 Å². The second-order valence-corrected chi connectivity index (χ2v) is 5.02. The highest BCUT2D eigenvalue weighted by atomic mass is 16.5. The van der Waals surface area contributed by atoms with Crippen molar-refractivity contribution >= 4 is 0 Å². The Hall–Kier alpha value is -0.910. The fourth-order valence-electron chi connectivity index (χ4n) is 2.48. The van der Waals surface area contributed by atoms with Gasteiger partial charge in [0.15, 0.2) is 0 Å². The van der Waals surface area contributed by atoms with Crippen LogP contribution in [0.1, 0.15) is 30.1 Å². The highest BCUT2D eigenvalue weighted by Gasteiger charge is 2.34. The van der Waals surface area contributed by atoms with Crippen LogP contribution in [0.15, 0.2) is 6.20 Å². The van der Waals surface area contributed by atoms with E-state index >= 15 is 0 Å². The van der Waals surface area contributed by atoms with Crippen LogP contribution in [0, 0.1) is 6.92 Å². The molecule has 1 aromatic rings. The zero-order valence-corrected chi connectivity index (χ0v) is 11.6. The van der Waals surface area contributed by atoms with Gasteiger partial charge in [0.05, 0.1) is 18.8 Å². The number of ether oxygens (including phenoxy) is 1. The maximum absolute atomic E-state index is 6.00. The fraction of sp³-hybridized carbons (Fsp3) is 0.769. The maximum Gasteiger partial charge on any atom is 0.0590 e. The molecule has 0 radical (unpaired) electrons. The van der Waals surface area contributed by atoms with Crippen LogP contribution >= 0.6 is 0 Å². The molecule has 0 spiro atoms. The van der Waals surface area contributed by atoms with E-state index in [1.54, 1.807) is 7.11 Å². The Morgan fingerprint density at radius 1 is 1.61 bits per heavy atom. The molecule has 5 nitrogen and oxygen atoms in total. The summed E-state index contributed by atoms with van der Waals surface area (Å²) in [5, 5.41) is 4.33. The predicted octanol–water partition coefficient (Wildman–Crippen LogP) is 0.839. The quantitative estimate of drug-likeness (QED) is 0.781. The number of aryl methyl sites for hydroxylation is 1. The second-order valence-electron chi connectivity index (χ2n) is 5.02. The van der Waals surface area contributed by atoms with Gasteiger partial charge in [-0.15, -0.1) is 0 Å². The molecule has 1 fully saturated rings. The van der Waals surface area contributed by atoms with Crippen LogP contribution in [-0.2, 0) is 11.8 Å². The van der Waals surface area contributed by atoms with Gasteiger partial charge in [-0.25, -0.2) is 0 Å². The average molecular weight is 252 g/mol. The largest absolute Gasteiger partial charge is 0.383 e. The summed E-state index contributed by atoms with van der Waals surface area (Å²) in [6, 6.07) is 0.939. The Labute approximate surface area is 109 Å². The second kappa shape index (κ2) is 5.82. The molecule has 0 aliphatic heterocycles. The summed E-state index contributed by atoms with van der Waals surface area (Å²) >= 11 is 0. The van der Waals surface area contributed by atoms with Crippen molar-refractivity contribution in [2.75, 3.05) is 26.8 Å². The van der Waals surface area contributed by atoms with Crippen molar-refractivity contribution in [3.8, 4) is 0 Å². The van der Waals surface area contributed by atoms with Gasteiger partial charge in [0.25, 0.3) is 0 Å². The molecule has 0 aromatic carbocycles. The molecule has 102 valence electrons. The van der Waals surface area contributed by atoms with Crippen LogP contribution in [0.2, 0.25) is 0 Å². The summed E-state index contributed by atoms with van der Waals surface area (Å²) in [4.78, 5) is 2.48. The van der Waals surface area contributed by atoms with Crippen LogP contribution in [0.3, 0.4) is 0 Å². The van der Waals surface area contributed by atoms with Crippen LogP contribution < -0.4 is 5.73 Å². The zero-order chi connectivity index (χ0) is 13.1. The molecule has 2 rings (SSSR count). The smallest absolute Gasteiger partial charge is 0.0590 e. The Balaban J connectivity index is 2.16. The Morgan fingerprint density at radius 3 is 2.78 bits per heavy atom. The lowest BCUT2D eigenvalue weighted by Crippen LogP contribution is -2.38. The van der Waals surface area contributed by atoms with E-state index in [1.165, 1.54) is 24.1 Å². The summed E-state index contributed by atoms with van der Waals surface area (Å²) in [5.41, 5.74) is 8.46. The van der Waals surface area contributed by atoms with E-state index < -0.39 is 0 Å². The van der Waals surface area contributed by atoms with E-state index in [9.17, 15) is 0 Å². The standard InChI is InChI=1S/C13H24N4O/c1-10-12(9-15-16(10)2)13(8-14)17(6-7-18-3)11-4-5-11/h9,11,13H,4-8,14H2,1-3H3. The van der Waals surface area contributed by atoms with E-state index in [2.05, 4.69) is 16.9 Å². The van der Waals surface area contributed by atoms with Crippen molar-refractivity contribution < 1.29 is 4.74 Å². The van der Waals surface area contributed by atoms with Gasteiger partial charge in [-0.3, -0.25) is 9.58 Å². The van der Waals surface area contributed by atoms with E-state index in [0.717, 1.165) is 13.2 Å². The first-order valence-electron chi connectivity index (χ1n) is 6.62. The number of nitrogens with two attached hydrogens (primary N) is 1. The Morgan fingerprint density at radius 2 is 2.33 bits per heavy atom. The third-order valence-corrected chi connectivity index (χ3v) is 3.83. The zero-order valence-electron chi connectivity index (χ0n) is 11.6. The van der Waals surface area contributed by atoms with E-state index in [0.29, 0.717) is 12.6 Å². The topological polar surface area (TPSA) is 56.3 Å². The molecule has 1 saturated carbocycles. The monoisotopic (exact) mass is 252 g/mol. The molecule has 1 heterocycles. The predicted molar refractivity (Wildman–Crippen MR) is 71.3 cm³/mol. The summed E-state index contributed by atoms with van der Waals surface area (Å²) < 4.78 is 7.13. The van der Waals surface area contributed by atoms with Gasteiger partial charge in [0, 0.05) is 44.5 Å². The number of nitrogens with zero attached hydrogens (tertiary/aromatic N) is 3. The van der Waals surface area contributed by atoms with Crippen molar-refractivity contribution in [1.29, 1.82) is 0 Å². The summed E-state index contributed by atoms with van der Waals surface area (Å²) in [6.45, 7) is 4.43. The third-order valence-electron chi connectivity index (χ3n) is 3.83. The summed E-state index contributed by atoms with van der Waals surface area (Å²) in [6.07, 6.45) is 4.51. The van der Waals surface area contributed by atoms with Crippen LogP contribution in [0.5, 0.6) is 0 Å². The molecular formula is C13H24N4O. The van der Waals surface area contributed by atoms with Gasteiger partial charge < -0.3 is 10.5 Å². The molecule has 0 saturated heterocycles. The lowest BCUT2D eigenvalue weighted by Gasteiger charge is -2.30. The maximum atomic E-state index is 6.00. The highest BCUT2D eigenvalue weighted by molar-refractivity contribution is 5.21. The minimum atomic E-state index is 0.265. The molecule has 1 unspecified atom stereocenters. The SMILES string of the molecule is COCCN(C1CC1)C(CN)c1cnn(C)c1C. The molecule has 18 heavy (non-hydrogen) atoms. The van der Waals surface area contributed by atoms with Crippen molar-refractivity contribution in [2.45, 2.75) is 31.8 Å². The average Bonchev–Trinajstić information content (AvgIpc) is 3.15. The fourth-order valence-corrected chi connectivity index (χ4v) is 2.48. The molecule has 1 aliphatic carbocycles. The molecule has 5 heteroatoms. The normalized spacial score (nSPS) is 17.4. The van der Waals surface area contributed by atoms with Crippen LogP contribution in [-0.4, -0.2) is 47.5 Å². The molecule has 2 N–H and O–H groups in total. The summed E-state index contributed by atoms with van der Waals surface area (Å²) in [7, 11) is 3.72. The van der Waals surface area contributed by atoms with E-state index in [4.69, 9.17) is 10.5 Å². The van der Waals surface area contributed by atoms with Crippen LogP contribution in [0.25, 0.3) is 0 Å². The summed E-state index contributed by atoms with van der Waals surface area (Å²) in [5.74, 6) is 0. The van der Waals surface area contributed by atoms with Gasteiger partial charge in [-0.05, 0) is 19.8 Å².